The molecule has 10 heteroatoms. The molecule has 0 radical (unpaired) electrons. The summed E-state index contributed by atoms with van der Waals surface area (Å²) in [6.45, 7) is 4.79. The first-order chi connectivity index (χ1) is 18.8. The van der Waals surface area contributed by atoms with Crippen molar-refractivity contribution in [2.24, 2.45) is 4.99 Å². The number of nitrogens with zero attached hydrogens (tertiary/aromatic N) is 2. The predicted octanol–water partition coefficient (Wildman–Crippen LogP) is 7.33. The fourth-order valence-electron chi connectivity index (χ4n) is 3.66. The number of benzene rings is 3. The molecular formula is C29H26ClIN2O5S. The van der Waals surface area contributed by atoms with E-state index >= 15 is 0 Å². The lowest BCUT2D eigenvalue weighted by Crippen LogP contribution is -2.23. The van der Waals surface area contributed by atoms with Gasteiger partial charge in [-0.2, -0.15) is 0 Å². The van der Waals surface area contributed by atoms with E-state index in [0.29, 0.717) is 57.7 Å². The topological polar surface area (TPSA) is 77.4 Å². The Labute approximate surface area is 250 Å². The first kappa shape index (κ1) is 29.0. The second kappa shape index (κ2) is 13.4. The summed E-state index contributed by atoms with van der Waals surface area (Å²) in [5, 5.41) is 1.19. The van der Waals surface area contributed by atoms with Crippen LogP contribution < -0.4 is 9.47 Å². The van der Waals surface area contributed by atoms with Gasteiger partial charge >= 0.3 is 5.97 Å². The number of amidine groups is 1. The van der Waals surface area contributed by atoms with Gasteiger partial charge in [0.05, 0.1) is 32.9 Å². The molecular weight excluding hydrogens is 651 g/mol. The largest absolute Gasteiger partial charge is 0.490 e. The highest BCUT2D eigenvalue weighted by atomic mass is 127. The molecule has 1 saturated heterocycles. The number of ether oxygens (including phenoxy) is 3. The van der Waals surface area contributed by atoms with Crippen LogP contribution in [0.1, 0.15) is 35.3 Å². The Kier molecular flexibility index (Phi) is 9.93. The number of hydrogen-bond acceptors (Lipinski definition) is 7. The summed E-state index contributed by atoms with van der Waals surface area (Å²) in [7, 11) is 1.68. The van der Waals surface area contributed by atoms with E-state index in [9.17, 15) is 9.59 Å². The molecule has 1 aliphatic rings. The van der Waals surface area contributed by atoms with Crippen LogP contribution in [-0.4, -0.2) is 42.2 Å². The van der Waals surface area contributed by atoms with Gasteiger partial charge in [-0.3, -0.25) is 9.69 Å². The number of amides is 1. The number of likely N-dealkylation sites (N-methyl/N-ethyl adjacent to an activating group) is 1. The van der Waals surface area contributed by atoms with E-state index in [-0.39, 0.29) is 11.9 Å². The number of thioether (sulfide) groups is 1. The Bertz CT molecular complexity index is 1440. The molecule has 7 nitrogen and oxygen atoms in total. The number of aliphatic imine (C=N–C) groups is 1. The first-order valence-electron chi connectivity index (χ1n) is 12.2. The van der Waals surface area contributed by atoms with Crippen LogP contribution >= 0.6 is 46.0 Å². The summed E-state index contributed by atoms with van der Waals surface area (Å²) in [5.74, 6) is 0.691. The number of hydrogen-bond donors (Lipinski definition) is 0. The van der Waals surface area contributed by atoms with Crippen molar-refractivity contribution >= 4 is 74.8 Å². The van der Waals surface area contributed by atoms with E-state index in [2.05, 4.69) is 27.6 Å². The van der Waals surface area contributed by atoms with Crippen molar-refractivity contribution in [3.63, 3.8) is 0 Å². The second-order valence-electron chi connectivity index (χ2n) is 8.32. The predicted molar refractivity (Wildman–Crippen MR) is 164 cm³/mol. The summed E-state index contributed by atoms with van der Waals surface area (Å²) in [4.78, 5) is 31.5. The molecule has 0 unspecified atom stereocenters. The van der Waals surface area contributed by atoms with E-state index in [1.54, 1.807) is 38.2 Å². The summed E-state index contributed by atoms with van der Waals surface area (Å²) in [6, 6.07) is 18.1. The van der Waals surface area contributed by atoms with Crippen molar-refractivity contribution in [1.82, 2.24) is 4.90 Å². The minimum absolute atomic E-state index is 0.156. The normalized spacial score (nSPS) is 15.2. The smallest absolute Gasteiger partial charge is 0.338 e. The van der Waals surface area contributed by atoms with Gasteiger partial charge in [0.25, 0.3) is 5.91 Å². The fourth-order valence-corrected chi connectivity index (χ4v) is 5.64. The molecule has 1 aliphatic heterocycles. The lowest BCUT2D eigenvalue weighted by atomic mass is 10.1. The summed E-state index contributed by atoms with van der Waals surface area (Å²) >= 11 is 9.59. The lowest BCUT2D eigenvalue weighted by Gasteiger charge is -2.15. The average Bonchev–Trinajstić information content (AvgIpc) is 3.16. The molecule has 0 saturated carbocycles. The Morgan fingerprint density at radius 1 is 1.08 bits per heavy atom. The number of rotatable bonds is 9. The summed E-state index contributed by atoms with van der Waals surface area (Å²) in [6.07, 6.45) is 1.82. The van der Waals surface area contributed by atoms with E-state index in [1.807, 2.05) is 49.4 Å². The van der Waals surface area contributed by atoms with Crippen molar-refractivity contribution in [1.29, 1.82) is 0 Å². The van der Waals surface area contributed by atoms with Crippen LogP contribution in [-0.2, 0) is 16.1 Å². The maximum Gasteiger partial charge on any atom is 0.338 e. The zero-order chi connectivity index (χ0) is 27.9. The van der Waals surface area contributed by atoms with E-state index in [4.69, 9.17) is 25.8 Å². The molecule has 4 rings (SSSR count). The van der Waals surface area contributed by atoms with Crippen LogP contribution in [0.15, 0.2) is 70.6 Å². The molecule has 3 aromatic carbocycles. The zero-order valence-corrected chi connectivity index (χ0v) is 25.3. The van der Waals surface area contributed by atoms with Crippen molar-refractivity contribution in [2.45, 2.75) is 20.5 Å². The third-order valence-corrected chi connectivity index (χ3v) is 7.60. The number of esters is 1. The van der Waals surface area contributed by atoms with Crippen LogP contribution in [0, 0.1) is 3.57 Å². The molecule has 1 amide bonds. The monoisotopic (exact) mass is 676 g/mol. The summed E-state index contributed by atoms with van der Waals surface area (Å²) in [5.41, 5.74) is 2.83. The number of halogens is 2. The van der Waals surface area contributed by atoms with Crippen molar-refractivity contribution in [3.8, 4) is 11.5 Å². The van der Waals surface area contributed by atoms with Gasteiger partial charge in [-0.15, -0.1) is 0 Å². The van der Waals surface area contributed by atoms with Crippen LogP contribution in [0.5, 0.6) is 11.5 Å². The quantitative estimate of drug-likeness (QED) is 0.134. The third-order valence-electron chi connectivity index (χ3n) is 5.51. The molecule has 1 heterocycles. The second-order valence-corrected chi connectivity index (χ2v) is 10.9. The molecule has 3 aromatic rings. The number of carbonyl (C=O) groups is 2. The molecule has 39 heavy (non-hydrogen) atoms. The van der Waals surface area contributed by atoms with Crippen LogP contribution in [0.2, 0.25) is 5.02 Å². The van der Waals surface area contributed by atoms with Crippen molar-refractivity contribution in [2.75, 3.05) is 20.3 Å². The van der Waals surface area contributed by atoms with E-state index < -0.39 is 0 Å². The average molecular weight is 677 g/mol. The summed E-state index contributed by atoms with van der Waals surface area (Å²) < 4.78 is 17.9. The SMILES string of the molecule is CCOC(=O)c1ccc(N=C2SC(=Cc3cc(I)c(OCc4cccc(Cl)c4)c(OCC)c3)C(=O)N2C)cc1. The maximum absolute atomic E-state index is 13.0. The van der Waals surface area contributed by atoms with Gasteiger partial charge in [-0.05, 0) is 114 Å². The van der Waals surface area contributed by atoms with Gasteiger partial charge in [0.2, 0.25) is 0 Å². The highest BCUT2D eigenvalue weighted by molar-refractivity contribution is 14.1. The lowest BCUT2D eigenvalue weighted by molar-refractivity contribution is -0.121. The van der Waals surface area contributed by atoms with Gasteiger partial charge in [-0.1, -0.05) is 23.7 Å². The Balaban J connectivity index is 1.55. The standard InChI is InChI=1S/C29H26ClIN2O5S/c1-4-36-24-15-19(14-23(31)26(24)38-17-18-7-6-8-21(30)13-18)16-25-27(34)33(3)29(39-25)32-22-11-9-20(10-12-22)28(35)37-5-2/h6-16H,4-5,17H2,1-3H3. The fraction of sp³-hybridized carbons (Fsp3) is 0.207. The molecule has 0 aromatic heterocycles. The van der Waals surface area contributed by atoms with Gasteiger partial charge in [0.15, 0.2) is 16.7 Å². The highest BCUT2D eigenvalue weighted by Crippen LogP contribution is 2.38. The first-order valence-corrected chi connectivity index (χ1v) is 14.4. The Hall–Kier alpha value is -3.02. The highest BCUT2D eigenvalue weighted by Gasteiger charge is 2.30. The van der Waals surface area contributed by atoms with Crippen LogP contribution in [0.4, 0.5) is 5.69 Å². The maximum atomic E-state index is 13.0. The van der Waals surface area contributed by atoms with Gasteiger partial charge in [0.1, 0.15) is 6.61 Å². The minimum Gasteiger partial charge on any atom is -0.490 e. The molecule has 0 spiro atoms. The van der Waals surface area contributed by atoms with Crippen LogP contribution in [0.25, 0.3) is 6.08 Å². The molecule has 0 atom stereocenters. The zero-order valence-electron chi connectivity index (χ0n) is 21.6. The Morgan fingerprint density at radius 2 is 1.85 bits per heavy atom. The van der Waals surface area contributed by atoms with Crippen LogP contribution in [0.3, 0.4) is 0 Å². The molecule has 202 valence electrons. The van der Waals surface area contributed by atoms with Gasteiger partial charge in [0, 0.05) is 12.1 Å². The minimum atomic E-state index is -0.383. The Morgan fingerprint density at radius 3 is 2.54 bits per heavy atom. The third kappa shape index (κ3) is 7.34. The number of carbonyl (C=O) groups excluding carboxylic acids is 2. The molecule has 0 N–H and O–H groups in total. The van der Waals surface area contributed by atoms with E-state index in [1.165, 1.54) is 16.7 Å². The van der Waals surface area contributed by atoms with Gasteiger partial charge in [-0.25, -0.2) is 9.79 Å². The molecule has 0 aliphatic carbocycles. The van der Waals surface area contributed by atoms with Crippen molar-refractivity contribution in [3.05, 3.63) is 90.9 Å². The van der Waals surface area contributed by atoms with Gasteiger partial charge < -0.3 is 14.2 Å². The van der Waals surface area contributed by atoms with Crippen molar-refractivity contribution < 1.29 is 23.8 Å². The molecule has 0 bridgehead atoms. The van der Waals surface area contributed by atoms with E-state index in [0.717, 1.165) is 14.7 Å². The molecule has 1 fully saturated rings.